The third kappa shape index (κ3) is 1.83. The smallest absolute Gasteiger partial charge is 0.332 e. The average Bonchev–Trinajstić information content (AvgIpc) is 1.60. The van der Waals surface area contributed by atoms with Crippen LogP contribution in [0.15, 0.2) is 0 Å². The van der Waals surface area contributed by atoms with E-state index in [1.54, 1.807) is 0 Å². The topological polar surface area (TPSA) is 69.6 Å². The van der Waals surface area contributed by atoms with Gasteiger partial charge >= 0.3 is 5.97 Å². The van der Waals surface area contributed by atoms with Crippen LogP contribution in [-0.4, -0.2) is 35.4 Å². The third-order valence-corrected chi connectivity index (χ3v) is 1.51. The Morgan fingerprint density at radius 3 is 2.20 bits per heavy atom. The van der Waals surface area contributed by atoms with Crippen LogP contribution >= 0.6 is 12.4 Å². The molecule has 0 aliphatic carbocycles. The Morgan fingerprint density at radius 1 is 1.60 bits per heavy atom. The molecule has 0 radical (unpaired) electrons. The number of carboxylic acid groups (broad SMARTS) is 1. The van der Waals surface area contributed by atoms with E-state index < -0.39 is 12.1 Å². The number of hydrogen-bond acceptors (Lipinski definition) is 3. The Morgan fingerprint density at radius 2 is 2.10 bits per heavy atom. The van der Waals surface area contributed by atoms with Gasteiger partial charge in [0.05, 0.1) is 0 Å². The van der Waals surface area contributed by atoms with E-state index in [9.17, 15) is 4.79 Å². The van der Waals surface area contributed by atoms with Crippen LogP contribution in [-0.2, 0) is 4.79 Å². The molecule has 5 heteroatoms. The van der Waals surface area contributed by atoms with Crippen molar-refractivity contribution < 1.29 is 15.0 Å². The summed E-state index contributed by atoms with van der Waals surface area (Å²) < 4.78 is 0. The minimum atomic E-state index is -1.17. The number of aliphatic carboxylic acids is 1. The van der Waals surface area contributed by atoms with Crippen molar-refractivity contribution >= 4 is 18.4 Å². The highest BCUT2D eigenvalue weighted by Gasteiger charge is 2.29. The van der Waals surface area contributed by atoms with Crippen molar-refractivity contribution in [3.8, 4) is 0 Å². The van der Waals surface area contributed by atoms with Gasteiger partial charge in [-0.1, -0.05) is 0 Å². The van der Waals surface area contributed by atoms with E-state index in [1.165, 1.54) is 0 Å². The Labute approximate surface area is 64.6 Å². The molecule has 3 N–H and O–H groups in total. The van der Waals surface area contributed by atoms with E-state index in [0.717, 1.165) is 0 Å². The van der Waals surface area contributed by atoms with Gasteiger partial charge in [0.1, 0.15) is 0 Å². The van der Waals surface area contributed by atoms with Crippen LogP contribution < -0.4 is 5.32 Å². The maximum atomic E-state index is 10.1. The monoisotopic (exact) mass is 167 g/mol. The summed E-state index contributed by atoms with van der Waals surface area (Å²) in [5.74, 6) is -1.20. The highest BCUT2D eigenvalue weighted by Crippen LogP contribution is 2.08. The van der Waals surface area contributed by atoms with Gasteiger partial charge in [-0.05, 0) is 0 Å². The first-order valence-corrected chi connectivity index (χ1v) is 2.83. The molecule has 1 atom stereocenters. The van der Waals surface area contributed by atoms with Crippen molar-refractivity contribution in [1.82, 2.24) is 5.32 Å². The SMILES string of the molecule is Cl.O=C(O)C(O)C1CNC1. The van der Waals surface area contributed by atoms with Crippen LogP contribution in [0.1, 0.15) is 0 Å². The summed E-state index contributed by atoms with van der Waals surface area (Å²) in [7, 11) is 0. The summed E-state index contributed by atoms with van der Waals surface area (Å²) in [4.78, 5) is 10.1. The molecule has 10 heavy (non-hydrogen) atoms. The zero-order valence-corrected chi connectivity index (χ0v) is 6.10. The molecular formula is C5H10ClNO3. The minimum absolute atomic E-state index is 0. The number of carbonyl (C=O) groups is 1. The molecule has 0 bridgehead atoms. The average molecular weight is 168 g/mol. The van der Waals surface area contributed by atoms with Gasteiger partial charge < -0.3 is 15.5 Å². The van der Waals surface area contributed by atoms with E-state index in [4.69, 9.17) is 10.2 Å². The normalized spacial score (nSPS) is 20.5. The van der Waals surface area contributed by atoms with Gasteiger partial charge in [-0.3, -0.25) is 0 Å². The second kappa shape index (κ2) is 3.75. The lowest BCUT2D eigenvalue weighted by molar-refractivity contribution is -0.150. The predicted molar refractivity (Wildman–Crippen MR) is 37.3 cm³/mol. The molecule has 0 saturated carbocycles. The lowest BCUT2D eigenvalue weighted by Crippen LogP contribution is -2.51. The van der Waals surface area contributed by atoms with Crippen molar-refractivity contribution in [2.24, 2.45) is 5.92 Å². The molecule has 1 rings (SSSR count). The number of carboxylic acids is 1. The Hall–Kier alpha value is -0.320. The maximum Gasteiger partial charge on any atom is 0.332 e. The number of aliphatic hydroxyl groups is 1. The highest BCUT2D eigenvalue weighted by molar-refractivity contribution is 5.85. The molecule has 1 heterocycles. The zero-order valence-electron chi connectivity index (χ0n) is 5.28. The second-order valence-corrected chi connectivity index (χ2v) is 2.20. The van der Waals surface area contributed by atoms with E-state index in [2.05, 4.69) is 5.32 Å². The number of nitrogens with one attached hydrogen (secondary N) is 1. The highest BCUT2D eigenvalue weighted by atomic mass is 35.5. The van der Waals surface area contributed by atoms with Crippen molar-refractivity contribution in [2.45, 2.75) is 6.10 Å². The number of rotatable bonds is 2. The second-order valence-electron chi connectivity index (χ2n) is 2.20. The Balaban J connectivity index is 0.000000810. The van der Waals surface area contributed by atoms with Crippen molar-refractivity contribution in [2.75, 3.05) is 13.1 Å². The quantitative estimate of drug-likeness (QED) is 0.497. The van der Waals surface area contributed by atoms with Crippen LogP contribution in [0, 0.1) is 5.92 Å². The minimum Gasteiger partial charge on any atom is -0.479 e. The number of halogens is 1. The molecule has 1 aliphatic heterocycles. The molecule has 1 fully saturated rings. The van der Waals surface area contributed by atoms with Gasteiger partial charge in [-0.15, -0.1) is 12.4 Å². The van der Waals surface area contributed by atoms with Gasteiger partial charge in [0.25, 0.3) is 0 Å². The van der Waals surface area contributed by atoms with Gasteiger partial charge in [-0.25, -0.2) is 4.79 Å². The lowest BCUT2D eigenvalue weighted by atomic mass is 9.97. The largest absolute Gasteiger partial charge is 0.479 e. The maximum absolute atomic E-state index is 10.1. The summed E-state index contributed by atoms with van der Waals surface area (Å²) in [5.41, 5.74) is 0. The zero-order chi connectivity index (χ0) is 6.85. The summed E-state index contributed by atoms with van der Waals surface area (Å²) >= 11 is 0. The molecule has 0 aromatic heterocycles. The number of aliphatic hydroxyl groups excluding tert-OH is 1. The molecule has 1 unspecified atom stereocenters. The standard InChI is InChI=1S/C5H9NO3.ClH/c7-4(5(8)9)3-1-6-2-3;/h3-4,6-7H,1-2H2,(H,8,9);1H. The molecule has 60 valence electrons. The van der Waals surface area contributed by atoms with Crippen LogP contribution in [0.5, 0.6) is 0 Å². The van der Waals surface area contributed by atoms with Crippen molar-refractivity contribution in [1.29, 1.82) is 0 Å². The molecule has 0 spiro atoms. The first kappa shape index (κ1) is 9.68. The summed E-state index contributed by atoms with van der Waals surface area (Å²) in [5, 5.41) is 19.9. The van der Waals surface area contributed by atoms with Crippen molar-refractivity contribution in [3.05, 3.63) is 0 Å². The summed E-state index contributed by atoms with van der Waals surface area (Å²) in [6.45, 7) is 1.24. The first-order valence-electron chi connectivity index (χ1n) is 2.83. The van der Waals surface area contributed by atoms with E-state index in [-0.39, 0.29) is 18.3 Å². The Kier molecular flexibility index (Phi) is 3.63. The van der Waals surface area contributed by atoms with E-state index in [0.29, 0.717) is 13.1 Å². The summed E-state index contributed by atoms with van der Waals surface area (Å²) in [6, 6.07) is 0. The van der Waals surface area contributed by atoms with Crippen molar-refractivity contribution in [3.63, 3.8) is 0 Å². The molecule has 0 aromatic carbocycles. The Bertz CT molecular complexity index is 126. The fraction of sp³-hybridized carbons (Fsp3) is 0.800. The molecular weight excluding hydrogens is 158 g/mol. The van der Waals surface area contributed by atoms with E-state index >= 15 is 0 Å². The van der Waals surface area contributed by atoms with Gasteiger partial charge in [0, 0.05) is 19.0 Å². The van der Waals surface area contributed by atoms with Crippen LogP contribution in [0.2, 0.25) is 0 Å². The number of hydrogen-bond donors (Lipinski definition) is 3. The summed E-state index contributed by atoms with van der Waals surface area (Å²) in [6.07, 6.45) is -1.17. The third-order valence-electron chi connectivity index (χ3n) is 1.51. The fourth-order valence-corrected chi connectivity index (χ4v) is 0.736. The lowest BCUT2D eigenvalue weighted by Gasteiger charge is -2.28. The molecule has 0 aromatic rings. The first-order chi connectivity index (χ1) is 4.22. The molecule has 4 nitrogen and oxygen atoms in total. The van der Waals surface area contributed by atoms with Gasteiger partial charge in [-0.2, -0.15) is 0 Å². The molecule has 1 aliphatic rings. The molecule has 0 amide bonds. The van der Waals surface area contributed by atoms with Crippen LogP contribution in [0.3, 0.4) is 0 Å². The van der Waals surface area contributed by atoms with Crippen LogP contribution in [0.4, 0.5) is 0 Å². The van der Waals surface area contributed by atoms with Gasteiger partial charge in [0.15, 0.2) is 6.10 Å². The predicted octanol–water partition coefficient (Wildman–Crippen LogP) is -0.927. The van der Waals surface area contributed by atoms with Gasteiger partial charge in [0.2, 0.25) is 0 Å². The van der Waals surface area contributed by atoms with Crippen LogP contribution in [0.25, 0.3) is 0 Å². The van der Waals surface area contributed by atoms with E-state index in [1.807, 2.05) is 0 Å². The molecule has 1 saturated heterocycles. The fourth-order valence-electron chi connectivity index (χ4n) is 0.736.